The number of rotatable bonds is 8. The zero-order valence-electron chi connectivity index (χ0n) is 22.1. The monoisotopic (exact) mass is 537 g/mol. The van der Waals surface area contributed by atoms with Crippen molar-refractivity contribution >= 4 is 19.9 Å². The number of aliphatic carboxylic acids is 1. The maximum absolute atomic E-state index is 12.7. The van der Waals surface area contributed by atoms with Crippen LogP contribution in [0.1, 0.15) is 83.3 Å². The molecule has 1 aromatic carbocycles. The molecule has 1 aromatic rings. The van der Waals surface area contributed by atoms with E-state index in [4.69, 9.17) is 9.26 Å². The third kappa shape index (κ3) is 5.69. The van der Waals surface area contributed by atoms with E-state index in [0.29, 0.717) is 23.7 Å². The molecule has 2 saturated carbocycles. The Morgan fingerprint density at radius 1 is 1.22 bits per heavy atom. The molecule has 0 heterocycles. The molecule has 4 N–H and O–H groups in total. The lowest BCUT2D eigenvalue weighted by atomic mass is 9.52. The molecule has 0 saturated heterocycles. The third-order valence-electron chi connectivity index (χ3n) is 9.13. The Morgan fingerprint density at radius 3 is 2.57 bits per heavy atom. The number of carboxylic acid groups (broad SMARTS) is 1. The average molecular weight is 538 g/mol. The molecule has 0 radical (unpaired) electrons. The van der Waals surface area contributed by atoms with Gasteiger partial charge >= 0.3 is 19.9 Å². The van der Waals surface area contributed by atoms with Gasteiger partial charge in [0.1, 0.15) is 17.9 Å². The summed E-state index contributed by atoms with van der Waals surface area (Å²) in [6.45, 7) is 7.91. The Balaban J connectivity index is 1.55. The minimum absolute atomic E-state index is 0.179. The van der Waals surface area contributed by atoms with Gasteiger partial charge in [-0.1, -0.05) is 46.6 Å². The van der Waals surface area contributed by atoms with E-state index in [2.05, 4.69) is 19.2 Å². The summed E-state index contributed by atoms with van der Waals surface area (Å²) < 4.78 is 22.1. The molecule has 1 amide bonds. The molecule has 0 spiro atoms. The first kappa shape index (κ1) is 27.9. The molecule has 0 unspecified atom stereocenters. The lowest BCUT2D eigenvalue weighted by Gasteiger charge is -2.53. The highest BCUT2D eigenvalue weighted by molar-refractivity contribution is 7.46. The van der Waals surface area contributed by atoms with Crippen molar-refractivity contribution < 1.29 is 38.3 Å². The molecule has 2 fully saturated rings. The highest BCUT2D eigenvalue weighted by atomic mass is 31.2. The standard InChI is InChI=1S/C27H40NO8P/c1-5-6-16-13-17-14-18(36-37(32,33)34)7-8-19(17)20-11-12-27(4)21(23(16)20)9-10-22(27)35-26(31)28-24(15(2)3)25(29)30/h7-8,14-16,20-24H,5-6,9-13H2,1-4H3,(H,28,31)(H,29,30)(H2,32,33,34)/t16-,20-,21+,22+,23-,24+,27+/m1/s1. The molecule has 0 aliphatic heterocycles. The lowest BCUT2D eigenvalue weighted by molar-refractivity contribution is -0.140. The van der Waals surface area contributed by atoms with Gasteiger partial charge in [-0.25, -0.2) is 14.2 Å². The van der Waals surface area contributed by atoms with Crippen LogP contribution in [0.2, 0.25) is 0 Å². The number of hydrogen-bond donors (Lipinski definition) is 4. The van der Waals surface area contributed by atoms with E-state index >= 15 is 0 Å². The van der Waals surface area contributed by atoms with E-state index in [1.807, 2.05) is 6.07 Å². The number of carbonyl (C=O) groups is 2. The molecular weight excluding hydrogens is 497 g/mol. The first-order chi connectivity index (χ1) is 17.3. The maximum atomic E-state index is 12.7. The number of ether oxygens (including phenoxy) is 1. The zero-order valence-corrected chi connectivity index (χ0v) is 22.9. The zero-order chi connectivity index (χ0) is 27.1. The van der Waals surface area contributed by atoms with Crippen molar-refractivity contribution in [1.82, 2.24) is 5.32 Å². The first-order valence-corrected chi connectivity index (χ1v) is 14.9. The number of phosphoric acid groups is 1. The van der Waals surface area contributed by atoms with Crippen LogP contribution in [-0.4, -0.2) is 39.1 Å². The Hall–Kier alpha value is -2.09. The van der Waals surface area contributed by atoms with Crippen LogP contribution in [0.4, 0.5) is 4.79 Å². The minimum Gasteiger partial charge on any atom is -0.480 e. The summed E-state index contributed by atoms with van der Waals surface area (Å²) in [4.78, 5) is 42.7. The van der Waals surface area contributed by atoms with Gasteiger partial charge in [0.25, 0.3) is 0 Å². The van der Waals surface area contributed by atoms with Gasteiger partial charge in [-0.05, 0) is 85.0 Å². The predicted octanol–water partition coefficient (Wildman–Crippen LogP) is 5.24. The summed E-state index contributed by atoms with van der Waals surface area (Å²) in [7, 11) is -4.62. The molecule has 7 atom stereocenters. The number of nitrogens with one attached hydrogen (secondary N) is 1. The molecule has 10 heteroatoms. The Labute approximate surface area is 218 Å². The number of carbonyl (C=O) groups excluding carboxylic acids is 1. The highest BCUT2D eigenvalue weighted by Gasteiger charge is 2.58. The molecule has 4 rings (SSSR count). The summed E-state index contributed by atoms with van der Waals surface area (Å²) in [6.07, 6.45) is 5.55. The van der Waals surface area contributed by atoms with E-state index in [-0.39, 0.29) is 23.2 Å². The van der Waals surface area contributed by atoms with Gasteiger partial charge in [-0.3, -0.25) is 9.79 Å². The van der Waals surface area contributed by atoms with Crippen LogP contribution in [0.5, 0.6) is 5.75 Å². The Morgan fingerprint density at radius 2 is 1.95 bits per heavy atom. The minimum atomic E-state index is -4.62. The third-order valence-corrected chi connectivity index (χ3v) is 9.57. The summed E-state index contributed by atoms with van der Waals surface area (Å²) in [5.41, 5.74) is 2.16. The fraction of sp³-hybridized carbons (Fsp3) is 0.704. The molecule has 0 aromatic heterocycles. The van der Waals surface area contributed by atoms with Crippen molar-refractivity contribution in [3.8, 4) is 5.75 Å². The molecule has 9 nitrogen and oxygen atoms in total. The van der Waals surface area contributed by atoms with E-state index < -0.39 is 25.9 Å². The first-order valence-electron chi connectivity index (χ1n) is 13.4. The smallest absolute Gasteiger partial charge is 0.480 e. The number of benzene rings is 1. The van der Waals surface area contributed by atoms with Gasteiger partial charge in [0.2, 0.25) is 0 Å². The average Bonchev–Trinajstić information content (AvgIpc) is 3.11. The van der Waals surface area contributed by atoms with Crippen molar-refractivity contribution in [2.24, 2.45) is 29.1 Å². The number of phosphoric ester groups is 1. The van der Waals surface area contributed by atoms with Crippen LogP contribution in [0, 0.1) is 29.1 Å². The second kappa shape index (κ2) is 10.6. The van der Waals surface area contributed by atoms with Crippen LogP contribution in [0.15, 0.2) is 18.2 Å². The molecular formula is C27H40NO8P. The lowest BCUT2D eigenvalue weighted by Crippen LogP contribution is -2.50. The fourth-order valence-corrected chi connectivity index (χ4v) is 7.95. The quantitative estimate of drug-likeness (QED) is 0.330. The van der Waals surface area contributed by atoms with Crippen molar-refractivity contribution in [3.63, 3.8) is 0 Å². The van der Waals surface area contributed by atoms with Crippen molar-refractivity contribution in [1.29, 1.82) is 0 Å². The fourth-order valence-electron chi connectivity index (χ4n) is 7.56. The van der Waals surface area contributed by atoms with E-state index in [9.17, 15) is 29.0 Å². The maximum Gasteiger partial charge on any atom is 0.524 e. The normalized spacial score (nSPS) is 31.6. The number of amides is 1. The highest BCUT2D eigenvalue weighted by Crippen LogP contribution is 2.63. The SMILES string of the molecule is CCC[C@@H]1Cc2cc(OP(=O)(O)O)ccc2[C@H]2CC[C@]3(C)[C@@H](OC(=O)N[C@H](C(=O)O)C(C)C)CC[C@H]3[C@H]12. The van der Waals surface area contributed by atoms with E-state index in [1.165, 1.54) is 5.56 Å². The molecule has 3 aliphatic carbocycles. The number of carboxylic acids is 1. The van der Waals surface area contributed by atoms with Crippen molar-refractivity contribution in [3.05, 3.63) is 29.3 Å². The van der Waals surface area contributed by atoms with Gasteiger partial charge in [0.05, 0.1) is 0 Å². The summed E-state index contributed by atoms with van der Waals surface area (Å²) in [6, 6.07) is 4.43. The van der Waals surface area contributed by atoms with Crippen LogP contribution in [0.25, 0.3) is 0 Å². The topological polar surface area (TPSA) is 142 Å². The molecule has 37 heavy (non-hydrogen) atoms. The van der Waals surface area contributed by atoms with Crippen molar-refractivity contribution in [2.45, 2.75) is 90.7 Å². The van der Waals surface area contributed by atoms with Crippen LogP contribution in [0.3, 0.4) is 0 Å². The summed E-state index contributed by atoms with van der Waals surface area (Å²) >= 11 is 0. The van der Waals surface area contributed by atoms with Crippen LogP contribution in [-0.2, 0) is 20.5 Å². The second-order valence-corrected chi connectivity index (χ2v) is 12.9. The number of fused-ring (bicyclic) bond motifs is 5. The largest absolute Gasteiger partial charge is 0.524 e. The predicted molar refractivity (Wildman–Crippen MR) is 137 cm³/mol. The van der Waals surface area contributed by atoms with Gasteiger partial charge in [-0.2, -0.15) is 0 Å². The number of alkyl carbamates (subject to hydrolysis) is 1. The molecule has 206 valence electrons. The van der Waals surface area contributed by atoms with Gasteiger partial charge < -0.3 is 19.7 Å². The van der Waals surface area contributed by atoms with Gasteiger partial charge in [-0.15, -0.1) is 0 Å². The second-order valence-electron chi connectivity index (χ2n) is 11.7. The summed E-state index contributed by atoms with van der Waals surface area (Å²) in [5, 5.41) is 12.0. The van der Waals surface area contributed by atoms with Crippen molar-refractivity contribution in [2.75, 3.05) is 0 Å². The molecule has 3 aliphatic rings. The van der Waals surface area contributed by atoms with Crippen LogP contribution < -0.4 is 9.84 Å². The van der Waals surface area contributed by atoms with E-state index in [0.717, 1.165) is 50.5 Å². The Bertz CT molecular complexity index is 1070. The Kier molecular flexibility index (Phi) is 7.99. The molecule has 0 bridgehead atoms. The van der Waals surface area contributed by atoms with Gasteiger partial charge in [0, 0.05) is 5.41 Å². The van der Waals surface area contributed by atoms with Crippen LogP contribution >= 0.6 is 7.82 Å². The number of hydrogen-bond acceptors (Lipinski definition) is 5. The summed E-state index contributed by atoms with van der Waals surface area (Å²) in [5.74, 6) is 0.439. The van der Waals surface area contributed by atoms with E-state index in [1.54, 1.807) is 26.0 Å². The van der Waals surface area contributed by atoms with Gasteiger partial charge in [0.15, 0.2) is 0 Å².